The van der Waals surface area contributed by atoms with Gasteiger partial charge in [0, 0.05) is 22.7 Å². The van der Waals surface area contributed by atoms with E-state index < -0.39 is 21.2 Å². The number of nitro groups is 2. The highest BCUT2D eigenvalue weighted by atomic mass is 16.8. The molecule has 1 N–H and O–H groups in total. The van der Waals surface area contributed by atoms with Crippen molar-refractivity contribution in [1.82, 2.24) is 10.1 Å². The van der Waals surface area contributed by atoms with Gasteiger partial charge in [0.2, 0.25) is 5.52 Å². The minimum atomic E-state index is -0.846. The highest BCUT2D eigenvalue weighted by Crippen LogP contribution is 2.42. The summed E-state index contributed by atoms with van der Waals surface area (Å²) in [4.78, 5) is 24.1. The van der Waals surface area contributed by atoms with Crippen molar-refractivity contribution in [3.8, 4) is 11.1 Å². The second-order valence-electron chi connectivity index (χ2n) is 5.68. The molecule has 2 aromatic carbocycles. The minimum Gasteiger partial charge on any atom is -0.361 e. The molecule has 4 rings (SSSR count). The average Bonchev–Trinajstić information content (AvgIpc) is 3.17. The lowest BCUT2D eigenvalue weighted by molar-refractivity contribution is -0.782. The maximum Gasteiger partial charge on any atom is 0.333 e. The van der Waals surface area contributed by atoms with E-state index in [0.29, 0.717) is 16.5 Å². The maximum atomic E-state index is 12.1. The average molecular weight is 355 g/mol. The minimum absolute atomic E-state index is 0.0563. The SMILES string of the molecule is Cc1ccc2[nH]cc(-c3c([N+](=O)[O-])cc([N+](=O)[O-])c4no[n+]([O-])c34)c2c1. The first kappa shape index (κ1) is 15.5. The van der Waals surface area contributed by atoms with Gasteiger partial charge in [0.05, 0.1) is 21.1 Å². The lowest BCUT2D eigenvalue weighted by Crippen LogP contribution is -2.23. The molecule has 0 unspecified atom stereocenters. The summed E-state index contributed by atoms with van der Waals surface area (Å²) in [6.07, 6.45) is 1.50. The van der Waals surface area contributed by atoms with Crippen LogP contribution < -0.4 is 4.90 Å². The summed E-state index contributed by atoms with van der Waals surface area (Å²) in [5.41, 5.74) is -0.128. The lowest BCUT2D eigenvalue weighted by Gasteiger charge is -2.03. The molecule has 0 amide bonds. The number of hydrogen-bond acceptors (Lipinski definition) is 7. The second-order valence-corrected chi connectivity index (χ2v) is 5.68. The highest BCUT2D eigenvalue weighted by molar-refractivity contribution is 6.07. The number of rotatable bonds is 3. The van der Waals surface area contributed by atoms with E-state index in [0.717, 1.165) is 11.6 Å². The van der Waals surface area contributed by atoms with Crippen LogP contribution in [0.15, 0.2) is 35.1 Å². The summed E-state index contributed by atoms with van der Waals surface area (Å²) in [5, 5.41) is 38.9. The molecule has 0 saturated carbocycles. The van der Waals surface area contributed by atoms with Crippen LogP contribution in [0.2, 0.25) is 0 Å². The first-order valence-electron chi connectivity index (χ1n) is 7.32. The number of aryl methyl sites for hydroxylation is 1. The lowest BCUT2D eigenvalue weighted by atomic mass is 9.99. The van der Waals surface area contributed by atoms with Crippen LogP contribution in [0.4, 0.5) is 11.4 Å². The first-order valence-corrected chi connectivity index (χ1v) is 7.32. The van der Waals surface area contributed by atoms with E-state index in [1.807, 2.05) is 13.0 Å². The molecule has 0 fully saturated rings. The number of aromatic amines is 1. The third kappa shape index (κ3) is 2.07. The fourth-order valence-electron chi connectivity index (χ4n) is 3.01. The molecule has 26 heavy (non-hydrogen) atoms. The Labute approximate surface area is 143 Å². The van der Waals surface area contributed by atoms with Crippen LogP contribution in [0.25, 0.3) is 33.1 Å². The van der Waals surface area contributed by atoms with Crippen LogP contribution >= 0.6 is 0 Å². The second kappa shape index (κ2) is 5.24. The van der Waals surface area contributed by atoms with Crippen LogP contribution in [-0.4, -0.2) is 20.0 Å². The monoisotopic (exact) mass is 355 g/mol. The predicted molar refractivity (Wildman–Crippen MR) is 88.3 cm³/mol. The zero-order chi connectivity index (χ0) is 18.6. The van der Waals surface area contributed by atoms with Crippen molar-refractivity contribution in [2.24, 2.45) is 0 Å². The van der Waals surface area contributed by atoms with Gasteiger partial charge in [-0.2, -0.15) is 0 Å². The smallest absolute Gasteiger partial charge is 0.333 e. The fraction of sp³-hybridized carbons (Fsp3) is 0.0667. The Morgan fingerprint density at radius 3 is 2.58 bits per heavy atom. The van der Waals surface area contributed by atoms with Crippen molar-refractivity contribution in [1.29, 1.82) is 0 Å². The van der Waals surface area contributed by atoms with Gasteiger partial charge < -0.3 is 10.2 Å². The van der Waals surface area contributed by atoms with Gasteiger partial charge >= 0.3 is 11.2 Å². The summed E-state index contributed by atoms with van der Waals surface area (Å²) < 4.78 is 4.49. The Kier molecular flexibility index (Phi) is 3.12. The van der Waals surface area contributed by atoms with Crippen molar-refractivity contribution < 1.29 is 19.4 Å². The van der Waals surface area contributed by atoms with E-state index >= 15 is 0 Å². The number of nitrogens with one attached hydrogen (secondary N) is 1. The number of fused-ring (bicyclic) bond motifs is 2. The molecule has 11 nitrogen and oxygen atoms in total. The standard InChI is InChI=1S/C15H9N5O6/c1-7-2-3-10-8(4-7)9(6-16-10)13-11(18(21)22)5-12(19(23)24)14-15(13)20(25)26-17-14/h2-6,16H,1H3. The topological polar surface area (TPSA) is 155 Å². The molecule has 0 saturated heterocycles. The number of aromatic nitrogens is 3. The highest BCUT2D eigenvalue weighted by Gasteiger charge is 2.35. The van der Waals surface area contributed by atoms with Crippen molar-refractivity contribution in [3.05, 3.63) is 61.5 Å². The molecule has 130 valence electrons. The molecule has 0 aliphatic carbocycles. The summed E-state index contributed by atoms with van der Waals surface area (Å²) in [6, 6.07) is 6.23. The third-order valence-corrected chi connectivity index (χ3v) is 4.12. The summed E-state index contributed by atoms with van der Waals surface area (Å²) in [6.45, 7) is 1.85. The van der Waals surface area contributed by atoms with Crippen LogP contribution in [0.3, 0.4) is 0 Å². The number of non-ortho nitro benzene ring substituents is 1. The summed E-state index contributed by atoms with van der Waals surface area (Å²) in [5.74, 6) is 0. The summed E-state index contributed by atoms with van der Waals surface area (Å²) in [7, 11) is 0. The number of H-pyrrole nitrogens is 1. The van der Waals surface area contributed by atoms with E-state index in [4.69, 9.17) is 0 Å². The van der Waals surface area contributed by atoms with E-state index in [1.165, 1.54) is 6.20 Å². The third-order valence-electron chi connectivity index (χ3n) is 4.12. The molecule has 2 heterocycles. The fourth-order valence-corrected chi connectivity index (χ4v) is 3.01. The van der Waals surface area contributed by atoms with Crippen LogP contribution in [-0.2, 0) is 0 Å². The van der Waals surface area contributed by atoms with Gasteiger partial charge in [-0.25, -0.2) is 0 Å². The Morgan fingerprint density at radius 2 is 1.88 bits per heavy atom. The Bertz CT molecular complexity index is 1220. The molecule has 0 aliphatic heterocycles. The molecule has 0 aliphatic rings. The molecule has 11 heteroatoms. The molecule has 0 radical (unpaired) electrons. The largest absolute Gasteiger partial charge is 0.361 e. The van der Waals surface area contributed by atoms with Gasteiger partial charge in [-0.1, -0.05) is 11.6 Å². The number of benzene rings is 2. The van der Waals surface area contributed by atoms with Gasteiger partial charge in [-0.3, -0.25) is 24.9 Å². The van der Waals surface area contributed by atoms with E-state index in [1.54, 1.807) is 12.1 Å². The van der Waals surface area contributed by atoms with Gasteiger partial charge in [-0.15, -0.1) is 0 Å². The van der Waals surface area contributed by atoms with Crippen LogP contribution in [0, 0.1) is 32.4 Å². The molecule has 2 aromatic heterocycles. The van der Waals surface area contributed by atoms with Crippen LogP contribution in [0.1, 0.15) is 5.56 Å². The maximum absolute atomic E-state index is 12.1. The van der Waals surface area contributed by atoms with Gasteiger partial charge in [0.25, 0.3) is 5.69 Å². The zero-order valence-electron chi connectivity index (χ0n) is 13.1. The van der Waals surface area contributed by atoms with Gasteiger partial charge in [0.15, 0.2) is 0 Å². The quantitative estimate of drug-likeness (QED) is 0.336. The molecule has 0 spiro atoms. The normalized spacial score (nSPS) is 11.3. The van der Waals surface area contributed by atoms with Crippen molar-refractivity contribution in [3.63, 3.8) is 0 Å². The van der Waals surface area contributed by atoms with Crippen molar-refractivity contribution in [2.75, 3.05) is 0 Å². The van der Waals surface area contributed by atoms with Crippen molar-refractivity contribution >= 4 is 33.3 Å². The van der Waals surface area contributed by atoms with Gasteiger partial charge in [0.1, 0.15) is 5.56 Å². The van der Waals surface area contributed by atoms with Crippen LogP contribution in [0.5, 0.6) is 0 Å². The number of nitrogens with zero attached hydrogens (tertiary/aromatic N) is 4. The Balaban J connectivity index is 2.21. The molecule has 0 bridgehead atoms. The van der Waals surface area contributed by atoms with Crippen molar-refractivity contribution in [2.45, 2.75) is 6.92 Å². The zero-order valence-corrected chi connectivity index (χ0v) is 13.1. The first-order chi connectivity index (χ1) is 12.4. The van der Waals surface area contributed by atoms with E-state index in [9.17, 15) is 25.4 Å². The Hall–Kier alpha value is -4.02. The van der Waals surface area contributed by atoms with Gasteiger partial charge in [-0.05, 0) is 24.0 Å². The molecular weight excluding hydrogens is 346 g/mol. The molecular formula is C15H9N5O6. The van der Waals surface area contributed by atoms with E-state index in [-0.39, 0.29) is 21.5 Å². The molecule has 0 atom stereocenters. The molecule has 4 aromatic rings. The predicted octanol–water partition coefficient (Wildman–Crippen LogP) is 2.73. The number of hydrogen-bond donors (Lipinski definition) is 1. The summed E-state index contributed by atoms with van der Waals surface area (Å²) >= 11 is 0. The van der Waals surface area contributed by atoms with E-state index in [2.05, 4.69) is 14.8 Å². The number of nitro benzene ring substituents is 2. The Morgan fingerprint density at radius 1 is 1.15 bits per heavy atom.